The van der Waals surface area contributed by atoms with Crippen molar-refractivity contribution in [1.82, 2.24) is 15.1 Å². The van der Waals surface area contributed by atoms with Crippen LogP contribution in [0.4, 0.5) is 5.69 Å². The number of piperidine rings is 1. The van der Waals surface area contributed by atoms with Crippen molar-refractivity contribution < 1.29 is 9.59 Å². The first-order valence-electron chi connectivity index (χ1n) is 8.23. The first kappa shape index (κ1) is 16.2. The van der Waals surface area contributed by atoms with Crippen molar-refractivity contribution in [3.63, 3.8) is 0 Å². The van der Waals surface area contributed by atoms with Gasteiger partial charge in [0.15, 0.2) is 0 Å². The molecule has 0 spiro atoms. The van der Waals surface area contributed by atoms with Crippen molar-refractivity contribution >= 4 is 17.5 Å². The molecule has 0 saturated carbocycles. The molecule has 24 heavy (non-hydrogen) atoms. The van der Waals surface area contributed by atoms with Gasteiger partial charge in [0.2, 0.25) is 11.8 Å². The van der Waals surface area contributed by atoms with Gasteiger partial charge < -0.3 is 9.80 Å². The third-order valence-electron chi connectivity index (χ3n) is 4.58. The van der Waals surface area contributed by atoms with Gasteiger partial charge in [0.25, 0.3) is 0 Å². The maximum Gasteiger partial charge on any atom is 0.229 e. The Balaban J connectivity index is 1.53. The van der Waals surface area contributed by atoms with Gasteiger partial charge in [-0.2, -0.15) is 5.10 Å². The van der Waals surface area contributed by atoms with Crippen molar-refractivity contribution in [2.45, 2.75) is 19.3 Å². The van der Waals surface area contributed by atoms with E-state index in [4.69, 9.17) is 0 Å². The lowest BCUT2D eigenvalue weighted by molar-refractivity contribution is -0.134. The van der Waals surface area contributed by atoms with Gasteiger partial charge in [-0.15, -0.1) is 0 Å². The molecule has 6 heteroatoms. The molecule has 0 unspecified atom stereocenters. The minimum Gasteiger partial charge on any atom is -0.342 e. The Kier molecular flexibility index (Phi) is 4.93. The van der Waals surface area contributed by atoms with Gasteiger partial charge in [-0.05, 0) is 30.5 Å². The molecule has 0 radical (unpaired) electrons. The standard InChI is InChI=1S/C18H22N4O2/c1-21(16-5-3-2-4-6-16)18(24)15-7-9-22(10-8-15)17(23)11-14-12-19-20-13-14/h2-6,12-13,15H,7-11H2,1H3,(H,19,20). The lowest BCUT2D eigenvalue weighted by Crippen LogP contribution is -2.44. The monoisotopic (exact) mass is 326 g/mol. The van der Waals surface area contributed by atoms with Gasteiger partial charge in [-0.1, -0.05) is 18.2 Å². The Morgan fingerprint density at radius 2 is 1.96 bits per heavy atom. The van der Waals surface area contributed by atoms with Crippen LogP contribution in [0.25, 0.3) is 0 Å². The number of aromatic nitrogens is 2. The summed E-state index contributed by atoms with van der Waals surface area (Å²) in [5.74, 6) is 0.204. The molecular formula is C18H22N4O2. The molecule has 6 nitrogen and oxygen atoms in total. The predicted molar refractivity (Wildman–Crippen MR) is 91.4 cm³/mol. The second-order valence-corrected chi connectivity index (χ2v) is 6.17. The molecule has 0 atom stereocenters. The van der Waals surface area contributed by atoms with Crippen LogP contribution in [0.15, 0.2) is 42.7 Å². The Bertz CT molecular complexity index is 676. The van der Waals surface area contributed by atoms with Gasteiger partial charge in [-0.25, -0.2) is 0 Å². The van der Waals surface area contributed by atoms with E-state index in [-0.39, 0.29) is 17.7 Å². The molecule has 1 aromatic heterocycles. The molecule has 0 bridgehead atoms. The number of amides is 2. The highest BCUT2D eigenvalue weighted by Crippen LogP contribution is 2.22. The number of rotatable bonds is 4. The molecule has 2 aromatic rings. The first-order valence-corrected chi connectivity index (χ1v) is 8.23. The number of H-pyrrole nitrogens is 1. The van der Waals surface area contributed by atoms with Crippen molar-refractivity contribution in [2.24, 2.45) is 5.92 Å². The number of nitrogens with one attached hydrogen (secondary N) is 1. The van der Waals surface area contributed by atoms with E-state index in [1.807, 2.05) is 42.3 Å². The van der Waals surface area contributed by atoms with Crippen molar-refractivity contribution in [1.29, 1.82) is 0 Å². The maximum absolute atomic E-state index is 12.6. The molecule has 2 amide bonds. The lowest BCUT2D eigenvalue weighted by atomic mass is 9.95. The van der Waals surface area contributed by atoms with Crippen molar-refractivity contribution in [3.05, 3.63) is 48.3 Å². The van der Waals surface area contributed by atoms with Crippen LogP contribution < -0.4 is 4.90 Å². The van der Waals surface area contributed by atoms with E-state index >= 15 is 0 Å². The van der Waals surface area contributed by atoms with Crippen LogP contribution in [0.5, 0.6) is 0 Å². The minimum absolute atomic E-state index is 0.0202. The fraction of sp³-hybridized carbons (Fsp3) is 0.389. The summed E-state index contributed by atoms with van der Waals surface area (Å²) >= 11 is 0. The van der Waals surface area contributed by atoms with Crippen LogP contribution in [0, 0.1) is 5.92 Å². The molecule has 0 aliphatic carbocycles. The fourth-order valence-corrected chi connectivity index (χ4v) is 3.09. The van der Waals surface area contributed by atoms with Crippen LogP contribution >= 0.6 is 0 Å². The zero-order valence-electron chi connectivity index (χ0n) is 13.8. The molecule has 3 rings (SSSR count). The van der Waals surface area contributed by atoms with Crippen molar-refractivity contribution in [2.75, 3.05) is 25.0 Å². The van der Waals surface area contributed by atoms with E-state index in [0.717, 1.165) is 11.3 Å². The molecule has 1 fully saturated rings. The second kappa shape index (κ2) is 7.29. The van der Waals surface area contributed by atoms with Gasteiger partial charge in [0, 0.05) is 37.9 Å². The molecule has 1 saturated heterocycles. The summed E-state index contributed by atoms with van der Waals surface area (Å²) < 4.78 is 0. The van der Waals surface area contributed by atoms with Crippen LogP contribution in [0.3, 0.4) is 0 Å². The van der Waals surface area contributed by atoms with Crippen LogP contribution in [0.1, 0.15) is 18.4 Å². The summed E-state index contributed by atoms with van der Waals surface area (Å²) in [5, 5.41) is 6.58. The number of nitrogens with zero attached hydrogens (tertiary/aromatic N) is 3. The number of benzene rings is 1. The summed E-state index contributed by atoms with van der Waals surface area (Å²) in [6.07, 6.45) is 5.20. The zero-order chi connectivity index (χ0) is 16.9. The molecule has 1 aliphatic rings. The smallest absolute Gasteiger partial charge is 0.229 e. The van der Waals surface area contributed by atoms with E-state index in [0.29, 0.717) is 32.4 Å². The predicted octanol–water partition coefficient (Wildman–Crippen LogP) is 1.85. The normalized spacial score (nSPS) is 15.3. The van der Waals surface area contributed by atoms with Gasteiger partial charge in [0.05, 0.1) is 12.6 Å². The summed E-state index contributed by atoms with van der Waals surface area (Å²) in [5.41, 5.74) is 1.79. The number of anilines is 1. The van der Waals surface area contributed by atoms with Crippen LogP contribution in [-0.2, 0) is 16.0 Å². The molecule has 1 N–H and O–H groups in total. The minimum atomic E-state index is -0.0202. The molecule has 1 aromatic carbocycles. The first-order chi connectivity index (χ1) is 11.6. The molecule has 1 aliphatic heterocycles. The summed E-state index contributed by atoms with van der Waals surface area (Å²) in [4.78, 5) is 28.5. The average Bonchev–Trinajstić information content (AvgIpc) is 3.14. The third kappa shape index (κ3) is 3.64. The van der Waals surface area contributed by atoms with Crippen LogP contribution in [0.2, 0.25) is 0 Å². The second-order valence-electron chi connectivity index (χ2n) is 6.17. The number of likely N-dealkylation sites (tertiary alicyclic amines) is 1. The van der Waals surface area contributed by atoms with E-state index in [2.05, 4.69) is 10.2 Å². The Morgan fingerprint density at radius 3 is 2.58 bits per heavy atom. The summed E-state index contributed by atoms with van der Waals surface area (Å²) in [7, 11) is 1.81. The largest absolute Gasteiger partial charge is 0.342 e. The van der Waals surface area contributed by atoms with E-state index < -0.39 is 0 Å². The van der Waals surface area contributed by atoms with E-state index in [1.165, 1.54) is 0 Å². The van der Waals surface area contributed by atoms with E-state index in [1.54, 1.807) is 17.3 Å². The highest BCUT2D eigenvalue weighted by molar-refractivity contribution is 5.94. The zero-order valence-corrected chi connectivity index (χ0v) is 13.8. The molecular weight excluding hydrogens is 304 g/mol. The number of hydrogen-bond donors (Lipinski definition) is 1. The average molecular weight is 326 g/mol. The SMILES string of the molecule is CN(C(=O)C1CCN(C(=O)Cc2cn[nH]c2)CC1)c1ccccc1. The van der Waals surface area contributed by atoms with Gasteiger partial charge >= 0.3 is 0 Å². The van der Waals surface area contributed by atoms with Crippen LogP contribution in [-0.4, -0.2) is 47.0 Å². The highest BCUT2D eigenvalue weighted by Gasteiger charge is 2.29. The Hall–Kier alpha value is -2.63. The summed E-state index contributed by atoms with van der Waals surface area (Å²) in [6, 6.07) is 9.65. The van der Waals surface area contributed by atoms with Gasteiger partial charge in [0.1, 0.15) is 0 Å². The summed E-state index contributed by atoms with van der Waals surface area (Å²) in [6.45, 7) is 1.27. The number of hydrogen-bond acceptors (Lipinski definition) is 3. The molecule has 126 valence electrons. The molecule has 2 heterocycles. The van der Waals surface area contributed by atoms with Crippen molar-refractivity contribution in [3.8, 4) is 0 Å². The highest BCUT2D eigenvalue weighted by atomic mass is 16.2. The number of para-hydroxylation sites is 1. The number of carbonyl (C=O) groups excluding carboxylic acids is 2. The fourth-order valence-electron chi connectivity index (χ4n) is 3.09. The Labute approximate surface area is 141 Å². The van der Waals surface area contributed by atoms with E-state index in [9.17, 15) is 9.59 Å². The maximum atomic E-state index is 12.6. The topological polar surface area (TPSA) is 69.3 Å². The quantitative estimate of drug-likeness (QED) is 0.932. The lowest BCUT2D eigenvalue weighted by Gasteiger charge is -2.33. The third-order valence-corrected chi connectivity index (χ3v) is 4.58. The Morgan fingerprint density at radius 1 is 1.25 bits per heavy atom. The number of aromatic amines is 1. The van der Waals surface area contributed by atoms with Gasteiger partial charge in [-0.3, -0.25) is 14.7 Å². The number of carbonyl (C=O) groups is 2.